The number of thiazole rings is 1. The number of nitrogens with one attached hydrogen (secondary N) is 1. The van der Waals surface area contributed by atoms with Crippen LogP contribution in [0.25, 0.3) is 10.2 Å². The molecule has 2 saturated heterocycles. The van der Waals surface area contributed by atoms with Crippen LogP contribution < -0.4 is 9.62 Å². The van der Waals surface area contributed by atoms with Gasteiger partial charge in [-0.15, -0.1) is 0 Å². The van der Waals surface area contributed by atoms with Gasteiger partial charge in [0.25, 0.3) is 0 Å². The van der Waals surface area contributed by atoms with Crippen LogP contribution in [0.5, 0.6) is 0 Å². The molecule has 3 heterocycles. The minimum Gasteiger partial charge on any atom is -0.377 e. The van der Waals surface area contributed by atoms with Crippen LogP contribution in [-0.2, 0) is 14.8 Å². The van der Waals surface area contributed by atoms with E-state index in [9.17, 15) is 8.42 Å². The zero-order chi connectivity index (χ0) is 16.6. The summed E-state index contributed by atoms with van der Waals surface area (Å²) in [4.78, 5) is 6.96. The van der Waals surface area contributed by atoms with E-state index in [2.05, 4.69) is 14.6 Å². The van der Waals surface area contributed by atoms with Gasteiger partial charge in [0, 0.05) is 19.7 Å². The average molecular weight is 367 g/mol. The molecule has 0 saturated carbocycles. The van der Waals surface area contributed by atoms with Gasteiger partial charge in [-0.25, -0.2) is 13.4 Å². The second-order valence-electron chi connectivity index (χ2n) is 6.39. The largest absolute Gasteiger partial charge is 0.377 e. The minimum absolute atomic E-state index is 0.0206. The highest BCUT2D eigenvalue weighted by molar-refractivity contribution is 7.92. The van der Waals surface area contributed by atoms with E-state index >= 15 is 0 Å². The van der Waals surface area contributed by atoms with Crippen LogP contribution in [0.2, 0.25) is 0 Å². The van der Waals surface area contributed by atoms with Gasteiger partial charge in [-0.2, -0.15) is 0 Å². The van der Waals surface area contributed by atoms with Gasteiger partial charge in [-0.1, -0.05) is 11.3 Å². The highest BCUT2D eigenvalue weighted by Gasteiger charge is 2.23. The van der Waals surface area contributed by atoms with Gasteiger partial charge in [0.05, 0.1) is 27.8 Å². The molecule has 1 N–H and O–H groups in total. The molecule has 4 rings (SSSR count). The van der Waals surface area contributed by atoms with E-state index in [1.807, 2.05) is 12.1 Å². The van der Waals surface area contributed by atoms with E-state index in [1.54, 1.807) is 17.4 Å². The Hall–Kier alpha value is -1.38. The molecule has 8 heteroatoms. The summed E-state index contributed by atoms with van der Waals surface area (Å²) < 4.78 is 33.7. The van der Waals surface area contributed by atoms with Crippen molar-refractivity contribution in [2.75, 3.05) is 35.1 Å². The summed E-state index contributed by atoms with van der Waals surface area (Å²) in [7, 11) is -3.40. The highest BCUT2D eigenvalue weighted by atomic mass is 32.2. The van der Waals surface area contributed by atoms with Crippen molar-refractivity contribution in [3.8, 4) is 0 Å². The molecule has 0 spiro atoms. The molecule has 1 aromatic carbocycles. The lowest BCUT2D eigenvalue weighted by molar-refractivity contribution is 0.127. The summed E-state index contributed by atoms with van der Waals surface area (Å²) in [5.41, 5.74) is 1.51. The molecule has 0 amide bonds. The van der Waals surface area contributed by atoms with Crippen molar-refractivity contribution in [2.24, 2.45) is 0 Å². The number of sulfonamides is 1. The molecule has 6 nitrogen and oxygen atoms in total. The fourth-order valence-corrected chi connectivity index (χ4v) is 5.64. The van der Waals surface area contributed by atoms with Crippen LogP contribution in [0.3, 0.4) is 0 Å². The third kappa shape index (κ3) is 3.50. The maximum absolute atomic E-state index is 12.3. The second kappa shape index (κ2) is 6.50. The van der Waals surface area contributed by atoms with E-state index in [0.717, 1.165) is 41.3 Å². The van der Waals surface area contributed by atoms with Crippen molar-refractivity contribution in [1.82, 2.24) is 4.98 Å². The molecule has 0 bridgehead atoms. The van der Waals surface area contributed by atoms with Gasteiger partial charge >= 0.3 is 0 Å². The molecule has 0 aliphatic carbocycles. The van der Waals surface area contributed by atoms with Gasteiger partial charge in [-0.05, 0) is 43.9 Å². The van der Waals surface area contributed by atoms with E-state index < -0.39 is 10.0 Å². The molecule has 2 aliphatic heterocycles. The predicted molar refractivity (Wildman–Crippen MR) is 97.5 cm³/mol. The van der Waals surface area contributed by atoms with Crippen molar-refractivity contribution in [2.45, 2.75) is 31.8 Å². The molecular weight excluding hydrogens is 346 g/mol. The van der Waals surface area contributed by atoms with Gasteiger partial charge in [0.1, 0.15) is 0 Å². The maximum atomic E-state index is 12.3. The van der Waals surface area contributed by atoms with Gasteiger partial charge in [-0.3, -0.25) is 4.72 Å². The lowest BCUT2D eigenvalue weighted by atomic mass is 10.3. The highest BCUT2D eigenvalue weighted by Crippen LogP contribution is 2.32. The van der Waals surface area contributed by atoms with Crippen LogP contribution in [0.4, 0.5) is 10.8 Å². The first-order valence-corrected chi connectivity index (χ1v) is 10.8. The zero-order valence-corrected chi connectivity index (χ0v) is 15.0. The molecule has 130 valence electrons. The number of hydrogen-bond donors (Lipinski definition) is 1. The smallest absolute Gasteiger partial charge is 0.235 e. The van der Waals surface area contributed by atoms with Crippen LogP contribution >= 0.6 is 11.3 Å². The lowest BCUT2D eigenvalue weighted by Gasteiger charge is -2.12. The molecule has 1 aromatic heterocycles. The summed E-state index contributed by atoms with van der Waals surface area (Å²) in [6, 6.07) is 5.54. The number of aromatic nitrogens is 1. The summed E-state index contributed by atoms with van der Waals surface area (Å²) in [5.74, 6) is 0.0206. The number of benzene rings is 1. The zero-order valence-electron chi connectivity index (χ0n) is 13.4. The number of hydrogen-bond acceptors (Lipinski definition) is 6. The normalized spacial score (nSPS) is 21.7. The van der Waals surface area contributed by atoms with Crippen molar-refractivity contribution in [3.05, 3.63) is 18.2 Å². The van der Waals surface area contributed by atoms with E-state index in [0.29, 0.717) is 12.3 Å². The molecule has 2 aromatic rings. The standard InChI is InChI=1S/C16H21N3O3S2/c20-24(21,11-13-4-3-9-22-13)18-12-5-6-14-15(10-12)23-16(17-14)19-7-1-2-8-19/h5-6,10,13,18H,1-4,7-9,11H2/t13-/m1/s1. The Morgan fingerprint density at radius 3 is 2.88 bits per heavy atom. The third-order valence-electron chi connectivity index (χ3n) is 4.46. The van der Waals surface area contributed by atoms with Gasteiger partial charge in [0.2, 0.25) is 10.0 Å². The summed E-state index contributed by atoms with van der Waals surface area (Å²) in [6.07, 6.45) is 3.99. The monoisotopic (exact) mass is 367 g/mol. The number of ether oxygens (including phenoxy) is 1. The number of nitrogens with zero attached hydrogens (tertiary/aromatic N) is 2. The molecule has 2 aliphatic rings. The van der Waals surface area contributed by atoms with Gasteiger partial charge < -0.3 is 9.64 Å². The van der Waals surface area contributed by atoms with Crippen molar-refractivity contribution in [3.63, 3.8) is 0 Å². The topological polar surface area (TPSA) is 71.5 Å². The average Bonchev–Trinajstić information content (AvgIpc) is 3.26. The Balaban J connectivity index is 1.51. The molecule has 0 unspecified atom stereocenters. The van der Waals surface area contributed by atoms with Gasteiger partial charge in [0.15, 0.2) is 5.13 Å². The second-order valence-corrected chi connectivity index (χ2v) is 9.17. The summed E-state index contributed by atoms with van der Waals surface area (Å²) in [5, 5.41) is 1.03. The Morgan fingerprint density at radius 2 is 2.12 bits per heavy atom. The Labute approximate surface area is 145 Å². The Kier molecular flexibility index (Phi) is 4.36. The fourth-order valence-electron chi connectivity index (χ4n) is 3.26. The summed E-state index contributed by atoms with van der Waals surface area (Å²) in [6.45, 7) is 2.77. The fraction of sp³-hybridized carbons (Fsp3) is 0.562. The van der Waals surface area contributed by atoms with Crippen molar-refractivity contribution >= 4 is 42.4 Å². The van der Waals surface area contributed by atoms with Crippen molar-refractivity contribution in [1.29, 1.82) is 0 Å². The first kappa shape index (κ1) is 16.1. The van der Waals surface area contributed by atoms with Crippen LogP contribution in [-0.4, -0.2) is 45.0 Å². The van der Waals surface area contributed by atoms with E-state index in [-0.39, 0.29) is 11.9 Å². The lowest BCUT2D eigenvalue weighted by Crippen LogP contribution is -2.25. The number of anilines is 2. The molecular formula is C16H21N3O3S2. The van der Waals surface area contributed by atoms with Crippen LogP contribution in [0.1, 0.15) is 25.7 Å². The Bertz CT molecular complexity index is 822. The number of fused-ring (bicyclic) bond motifs is 1. The maximum Gasteiger partial charge on any atom is 0.235 e. The molecule has 24 heavy (non-hydrogen) atoms. The first-order chi connectivity index (χ1) is 11.6. The Morgan fingerprint density at radius 1 is 1.29 bits per heavy atom. The molecule has 2 fully saturated rings. The van der Waals surface area contributed by atoms with Crippen molar-refractivity contribution < 1.29 is 13.2 Å². The SMILES string of the molecule is O=S(=O)(C[C@H]1CCCO1)Nc1ccc2nc(N3CCCC3)sc2c1. The third-order valence-corrected chi connectivity index (χ3v) is 6.89. The molecule has 0 radical (unpaired) electrons. The summed E-state index contributed by atoms with van der Waals surface area (Å²) >= 11 is 1.62. The first-order valence-electron chi connectivity index (χ1n) is 8.37. The minimum atomic E-state index is -3.40. The molecule has 1 atom stereocenters. The van der Waals surface area contributed by atoms with Crippen LogP contribution in [0, 0.1) is 0 Å². The number of rotatable bonds is 5. The van der Waals surface area contributed by atoms with E-state index in [1.165, 1.54) is 12.8 Å². The quantitative estimate of drug-likeness (QED) is 0.880. The van der Waals surface area contributed by atoms with E-state index in [4.69, 9.17) is 4.74 Å². The van der Waals surface area contributed by atoms with Crippen LogP contribution in [0.15, 0.2) is 18.2 Å². The predicted octanol–water partition coefficient (Wildman–Crippen LogP) is 2.82.